The van der Waals surface area contributed by atoms with Crippen molar-refractivity contribution in [2.75, 3.05) is 6.54 Å². The van der Waals surface area contributed by atoms with E-state index in [0.717, 1.165) is 42.1 Å². The molecule has 0 bridgehead atoms. The summed E-state index contributed by atoms with van der Waals surface area (Å²) in [5.41, 5.74) is 3.81. The first-order valence-electron chi connectivity index (χ1n) is 8.89. The third kappa shape index (κ3) is 3.32. The maximum atomic E-state index is 12.4. The molecule has 25 heavy (non-hydrogen) atoms. The number of aromatic nitrogens is 2. The zero-order valence-corrected chi connectivity index (χ0v) is 16.0. The standard InChI is InChI=1S/C19H23BrN4O/c1-24-17-7-3-6-16(15(17)11-22-24)23-18(25)21-12-19(8-9-19)13-4-2-5-14(20)10-13/h2,4-5,10-11,16H,3,6-9,12H2,1H3,(H2,21,23,25). The van der Waals surface area contributed by atoms with E-state index in [1.807, 2.05) is 24.0 Å². The van der Waals surface area contributed by atoms with Gasteiger partial charge in [-0.25, -0.2) is 4.79 Å². The Balaban J connectivity index is 1.37. The molecule has 0 spiro atoms. The summed E-state index contributed by atoms with van der Waals surface area (Å²) < 4.78 is 3.01. The number of hydrogen-bond donors (Lipinski definition) is 2. The van der Waals surface area contributed by atoms with Crippen LogP contribution in [0.1, 0.15) is 48.5 Å². The van der Waals surface area contributed by atoms with E-state index < -0.39 is 0 Å². The molecule has 0 radical (unpaired) electrons. The molecule has 6 heteroatoms. The summed E-state index contributed by atoms with van der Waals surface area (Å²) in [6.07, 6.45) is 7.24. The van der Waals surface area contributed by atoms with Crippen molar-refractivity contribution in [2.24, 2.45) is 7.05 Å². The predicted molar refractivity (Wildman–Crippen MR) is 100 cm³/mol. The largest absolute Gasteiger partial charge is 0.337 e. The molecule has 2 aliphatic carbocycles. The van der Waals surface area contributed by atoms with Crippen LogP contribution in [0.5, 0.6) is 0 Å². The van der Waals surface area contributed by atoms with Gasteiger partial charge in [-0.05, 0) is 49.8 Å². The molecule has 2 aromatic rings. The molecule has 1 aromatic carbocycles. The lowest BCUT2D eigenvalue weighted by molar-refractivity contribution is 0.234. The molecule has 0 aliphatic heterocycles. The summed E-state index contributed by atoms with van der Waals surface area (Å²) in [6, 6.07) is 8.40. The number of hydrogen-bond acceptors (Lipinski definition) is 2. The molecule has 1 aromatic heterocycles. The summed E-state index contributed by atoms with van der Waals surface area (Å²) in [5, 5.41) is 10.6. The Labute approximate surface area is 156 Å². The highest BCUT2D eigenvalue weighted by atomic mass is 79.9. The molecular formula is C19H23BrN4O. The highest BCUT2D eigenvalue weighted by Crippen LogP contribution is 2.48. The average molecular weight is 403 g/mol. The number of fused-ring (bicyclic) bond motifs is 1. The highest BCUT2D eigenvalue weighted by Gasteiger charge is 2.44. The van der Waals surface area contributed by atoms with Crippen molar-refractivity contribution in [2.45, 2.75) is 43.6 Å². The van der Waals surface area contributed by atoms with Gasteiger partial charge in [-0.2, -0.15) is 5.10 Å². The van der Waals surface area contributed by atoms with Gasteiger partial charge in [0.2, 0.25) is 0 Å². The first-order valence-corrected chi connectivity index (χ1v) is 9.68. The molecule has 1 unspecified atom stereocenters. The zero-order chi connectivity index (χ0) is 17.4. The van der Waals surface area contributed by atoms with Crippen LogP contribution < -0.4 is 10.6 Å². The lowest BCUT2D eigenvalue weighted by atomic mass is 9.93. The van der Waals surface area contributed by atoms with Crippen LogP contribution in [0, 0.1) is 0 Å². The normalized spacial score (nSPS) is 20.6. The lowest BCUT2D eigenvalue weighted by Crippen LogP contribution is -2.42. The van der Waals surface area contributed by atoms with Gasteiger partial charge < -0.3 is 10.6 Å². The van der Waals surface area contributed by atoms with Crippen LogP contribution in [0.25, 0.3) is 0 Å². The Bertz CT molecular complexity index is 796. The number of carbonyl (C=O) groups excluding carboxylic acids is 1. The SMILES string of the molecule is Cn1ncc2c1CCCC2NC(=O)NCC1(c2cccc(Br)c2)CC1. The fraction of sp³-hybridized carbons (Fsp3) is 0.474. The fourth-order valence-electron chi connectivity index (χ4n) is 3.85. The fourth-order valence-corrected chi connectivity index (χ4v) is 4.25. The Morgan fingerprint density at radius 1 is 1.44 bits per heavy atom. The number of nitrogens with one attached hydrogen (secondary N) is 2. The Morgan fingerprint density at radius 3 is 3.04 bits per heavy atom. The summed E-state index contributed by atoms with van der Waals surface area (Å²) in [6.45, 7) is 0.682. The van der Waals surface area contributed by atoms with E-state index in [4.69, 9.17) is 0 Å². The minimum atomic E-state index is -0.0806. The number of urea groups is 1. The Morgan fingerprint density at radius 2 is 2.28 bits per heavy atom. The molecule has 5 nitrogen and oxygen atoms in total. The number of benzene rings is 1. The van der Waals surface area contributed by atoms with Gasteiger partial charge in [-0.15, -0.1) is 0 Å². The summed E-state index contributed by atoms with van der Waals surface area (Å²) in [4.78, 5) is 12.4. The average Bonchev–Trinajstić information content (AvgIpc) is 3.31. The minimum absolute atomic E-state index is 0.0680. The smallest absolute Gasteiger partial charge is 0.315 e. The van der Waals surface area contributed by atoms with Crippen LogP contribution in [0.4, 0.5) is 4.79 Å². The molecule has 4 rings (SSSR count). The van der Waals surface area contributed by atoms with Crippen molar-refractivity contribution in [1.29, 1.82) is 0 Å². The number of aryl methyl sites for hydroxylation is 1. The molecule has 2 aliphatic rings. The van der Waals surface area contributed by atoms with E-state index in [0.29, 0.717) is 6.54 Å². The van der Waals surface area contributed by atoms with Crippen molar-refractivity contribution < 1.29 is 4.79 Å². The maximum Gasteiger partial charge on any atom is 0.315 e. The van der Waals surface area contributed by atoms with Crippen molar-refractivity contribution in [3.8, 4) is 0 Å². The van der Waals surface area contributed by atoms with Crippen molar-refractivity contribution in [1.82, 2.24) is 20.4 Å². The second-order valence-electron chi connectivity index (χ2n) is 7.23. The molecule has 1 atom stereocenters. The van der Waals surface area contributed by atoms with Gasteiger partial charge in [0.05, 0.1) is 12.2 Å². The molecule has 2 amide bonds. The quantitative estimate of drug-likeness (QED) is 0.820. The number of amides is 2. The van der Waals surface area contributed by atoms with Gasteiger partial charge in [0.15, 0.2) is 0 Å². The number of nitrogens with zero attached hydrogens (tertiary/aromatic N) is 2. The third-order valence-electron chi connectivity index (χ3n) is 5.56. The summed E-state index contributed by atoms with van der Waals surface area (Å²) in [5.74, 6) is 0. The third-order valence-corrected chi connectivity index (χ3v) is 6.05. The van der Waals surface area contributed by atoms with Crippen LogP contribution in [0.2, 0.25) is 0 Å². The molecule has 132 valence electrons. The van der Waals surface area contributed by atoms with Crippen LogP contribution in [-0.4, -0.2) is 22.4 Å². The lowest BCUT2D eigenvalue weighted by Gasteiger charge is -2.25. The van der Waals surface area contributed by atoms with E-state index in [1.54, 1.807) is 0 Å². The minimum Gasteiger partial charge on any atom is -0.337 e. The van der Waals surface area contributed by atoms with Crippen molar-refractivity contribution >= 4 is 22.0 Å². The van der Waals surface area contributed by atoms with E-state index in [9.17, 15) is 4.79 Å². The van der Waals surface area contributed by atoms with E-state index in [1.165, 1.54) is 11.3 Å². The van der Waals surface area contributed by atoms with Gasteiger partial charge in [0.1, 0.15) is 0 Å². The molecular weight excluding hydrogens is 380 g/mol. The highest BCUT2D eigenvalue weighted by molar-refractivity contribution is 9.10. The predicted octanol–water partition coefficient (Wildman–Crippen LogP) is 3.59. The van der Waals surface area contributed by atoms with Crippen LogP contribution in [0.15, 0.2) is 34.9 Å². The summed E-state index contributed by atoms with van der Waals surface area (Å²) >= 11 is 3.54. The van der Waals surface area contributed by atoms with Crippen molar-refractivity contribution in [3.63, 3.8) is 0 Å². The monoisotopic (exact) mass is 402 g/mol. The van der Waals surface area contributed by atoms with Gasteiger partial charge >= 0.3 is 6.03 Å². The molecule has 2 N–H and O–H groups in total. The van der Waals surface area contributed by atoms with Crippen LogP contribution in [-0.2, 0) is 18.9 Å². The van der Waals surface area contributed by atoms with E-state index in [2.05, 4.69) is 49.9 Å². The first-order chi connectivity index (χ1) is 12.1. The number of halogens is 1. The van der Waals surface area contributed by atoms with Crippen molar-refractivity contribution in [3.05, 3.63) is 51.8 Å². The van der Waals surface area contributed by atoms with Crippen LogP contribution >= 0.6 is 15.9 Å². The maximum absolute atomic E-state index is 12.4. The molecule has 0 saturated heterocycles. The van der Waals surface area contributed by atoms with Gasteiger partial charge in [-0.3, -0.25) is 4.68 Å². The number of rotatable bonds is 4. The Kier molecular flexibility index (Phi) is 4.31. The van der Waals surface area contributed by atoms with Gasteiger partial charge in [0, 0.05) is 34.7 Å². The van der Waals surface area contributed by atoms with Crippen LogP contribution in [0.3, 0.4) is 0 Å². The summed E-state index contributed by atoms with van der Waals surface area (Å²) in [7, 11) is 1.97. The van der Waals surface area contributed by atoms with E-state index >= 15 is 0 Å². The second kappa shape index (κ2) is 6.48. The van der Waals surface area contributed by atoms with E-state index in [-0.39, 0.29) is 17.5 Å². The topological polar surface area (TPSA) is 59.0 Å². The molecule has 1 heterocycles. The zero-order valence-electron chi connectivity index (χ0n) is 14.4. The Hall–Kier alpha value is -1.82. The molecule has 1 fully saturated rings. The first kappa shape index (κ1) is 16.6. The number of carbonyl (C=O) groups is 1. The second-order valence-corrected chi connectivity index (χ2v) is 8.15. The van der Waals surface area contributed by atoms with Gasteiger partial charge in [0.25, 0.3) is 0 Å². The molecule has 1 saturated carbocycles. The van der Waals surface area contributed by atoms with Gasteiger partial charge in [-0.1, -0.05) is 28.1 Å².